The Morgan fingerprint density at radius 2 is 1.75 bits per heavy atom. The van der Waals surface area contributed by atoms with Crippen LogP contribution in [0.5, 0.6) is 11.5 Å². The predicted molar refractivity (Wildman–Crippen MR) is 97.2 cm³/mol. The first-order valence-corrected chi connectivity index (χ1v) is 8.45. The molecular weight excluding hydrogens is 364 g/mol. The second-order valence-electron chi connectivity index (χ2n) is 6.11. The lowest BCUT2D eigenvalue weighted by Crippen LogP contribution is -2.46. The lowest BCUT2D eigenvalue weighted by molar-refractivity contribution is -0.128. The van der Waals surface area contributed by atoms with Crippen LogP contribution in [0.25, 0.3) is 5.69 Å². The predicted octanol–water partition coefficient (Wildman–Crippen LogP) is 0.928. The molecule has 0 spiro atoms. The highest BCUT2D eigenvalue weighted by Crippen LogP contribution is 2.33. The number of para-hydroxylation sites is 2. The number of ether oxygens (including phenoxy) is 2. The second kappa shape index (κ2) is 6.99. The number of amides is 2. The van der Waals surface area contributed by atoms with Crippen molar-refractivity contribution in [2.24, 2.45) is 5.73 Å². The van der Waals surface area contributed by atoms with Crippen LogP contribution >= 0.6 is 0 Å². The molecule has 10 heteroatoms. The SMILES string of the molecule is C[C@@H]1Oc2ccccc2O[C@H]1C(=O)Nc1ccc(-n2nnc(C(N)=O)n2)cc1. The average molecular weight is 380 g/mol. The highest BCUT2D eigenvalue weighted by Gasteiger charge is 2.34. The van der Waals surface area contributed by atoms with Crippen molar-refractivity contribution in [1.82, 2.24) is 20.2 Å². The van der Waals surface area contributed by atoms with E-state index in [-0.39, 0.29) is 11.7 Å². The fourth-order valence-electron chi connectivity index (χ4n) is 2.72. The third-order valence-corrected chi connectivity index (χ3v) is 4.10. The lowest BCUT2D eigenvalue weighted by atomic mass is 10.1. The van der Waals surface area contributed by atoms with Crippen molar-refractivity contribution in [2.45, 2.75) is 19.1 Å². The highest BCUT2D eigenvalue weighted by atomic mass is 16.6. The van der Waals surface area contributed by atoms with Crippen molar-refractivity contribution in [3.63, 3.8) is 0 Å². The Hall–Kier alpha value is -3.95. The van der Waals surface area contributed by atoms with Gasteiger partial charge in [0.15, 0.2) is 11.5 Å². The number of anilines is 1. The van der Waals surface area contributed by atoms with Crippen molar-refractivity contribution < 1.29 is 19.1 Å². The summed E-state index contributed by atoms with van der Waals surface area (Å²) in [6, 6.07) is 13.9. The smallest absolute Gasteiger partial charge is 0.290 e. The van der Waals surface area contributed by atoms with E-state index in [4.69, 9.17) is 15.2 Å². The number of carbonyl (C=O) groups is 2. The Morgan fingerprint density at radius 3 is 2.39 bits per heavy atom. The number of benzene rings is 2. The Labute approximate surface area is 159 Å². The van der Waals surface area contributed by atoms with Crippen LogP contribution in [0.4, 0.5) is 5.69 Å². The first-order valence-electron chi connectivity index (χ1n) is 8.45. The average Bonchev–Trinajstić information content (AvgIpc) is 3.18. The summed E-state index contributed by atoms with van der Waals surface area (Å²) in [5, 5.41) is 14.0. The van der Waals surface area contributed by atoms with Crippen molar-refractivity contribution in [1.29, 1.82) is 0 Å². The van der Waals surface area contributed by atoms with Gasteiger partial charge < -0.3 is 20.5 Å². The number of aromatic nitrogens is 4. The molecule has 0 aliphatic carbocycles. The van der Waals surface area contributed by atoms with E-state index < -0.39 is 18.1 Å². The molecule has 0 fully saturated rings. The maximum Gasteiger partial charge on any atom is 0.290 e. The zero-order valence-corrected chi connectivity index (χ0v) is 14.8. The third kappa shape index (κ3) is 3.34. The zero-order valence-electron chi connectivity index (χ0n) is 14.8. The van der Waals surface area contributed by atoms with E-state index in [0.717, 1.165) is 0 Å². The molecule has 142 valence electrons. The number of hydrogen-bond acceptors (Lipinski definition) is 7. The minimum absolute atomic E-state index is 0.180. The maximum absolute atomic E-state index is 12.6. The van der Waals surface area contributed by atoms with Gasteiger partial charge in [0.1, 0.15) is 6.10 Å². The van der Waals surface area contributed by atoms with Gasteiger partial charge in [-0.1, -0.05) is 12.1 Å². The molecule has 0 saturated carbocycles. The van der Waals surface area contributed by atoms with Crippen molar-refractivity contribution in [2.75, 3.05) is 5.32 Å². The summed E-state index contributed by atoms with van der Waals surface area (Å²) < 4.78 is 11.5. The number of fused-ring (bicyclic) bond motifs is 1. The molecule has 28 heavy (non-hydrogen) atoms. The highest BCUT2D eigenvalue weighted by molar-refractivity contribution is 5.95. The van der Waals surface area contributed by atoms with Crippen LogP contribution in [0.2, 0.25) is 0 Å². The molecule has 2 amide bonds. The number of primary amides is 1. The van der Waals surface area contributed by atoms with Gasteiger partial charge in [-0.05, 0) is 48.5 Å². The van der Waals surface area contributed by atoms with Gasteiger partial charge in [0.25, 0.3) is 17.6 Å². The minimum Gasteiger partial charge on any atom is -0.482 e. The van der Waals surface area contributed by atoms with E-state index in [1.807, 2.05) is 12.1 Å². The van der Waals surface area contributed by atoms with E-state index in [9.17, 15) is 9.59 Å². The summed E-state index contributed by atoms with van der Waals surface area (Å²) in [4.78, 5) is 24.8. The minimum atomic E-state index is -0.787. The van der Waals surface area contributed by atoms with Crippen molar-refractivity contribution >= 4 is 17.5 Å². The van der Waals surface area contributed by atoms with Crippen LogP contribution in [-0.4, -0.2) is 44.2 Å². The van der Waals surface area contributed by atoms with Crippen LogP contribution in [0, 0.1) is 0 Å². The van der Waals surface area contributed by atoms with E-state index in [2.05, 4.69) is 20.7 Å². The Kier molecular flexibility index (Phi) is 4.36. The molecule has 10 nitrogen and oxygen atoms in total. The Morgan fingerprint density at radius 1 is 1.07 bits per heavy atom. The number of tetrazole rings is 1. The maximum atomic E-state index is 12.6. The fraction of sp³-hybridized carbons (Fsp3) is 0.167. The Bertz CT molecular complexity index is 1030. The monoisotopic (exact) mass is 380 g/mol. The first-order chi connectivity index (χ1) is 13.5. The van der Waals surface area contributed by atoms with Gasteiger partial charge in [0.2, 0.25) is 6.10 Å². The summed E-state index contributed by atoms with van der Waals surface area (Å²) in [5.74, 6) is -0.135. The van der Waals surface area contributed by atoms with Gasteiger partial charge in [-0.3, -0.25) is 9.59 Å². The molecule has 3 aromatic rings. The van der Waals surface area contributed by atoms with Crippen LogP contribution in [0.1, 0.15) is 17.5 Å². The van der Waals surface area contributed by atoms with Crippen LogP contribution < -0.4 is 20.5 Å². The molecule has 0 bridgehead atoms. The number of hydrogen-bond donors (Lipinski definition) is 2. The molecule has 1 aromatic heterocycles. The van der Waals surface area contributed by atoms with Gasteiger partial charge in [-0.2, -0.15) is 0 Å². The molecule has 2 aromatic carbocycles. The number of carbonyl (C=O) groups excluding carboxylic acids is 2. The Balaban J connectivity index is 1.45. The molecule has 0 radical (unpaired) electrons. The summed E-state index contributed by atoms with van der Waals surface area (Å²) in [6.07, 6.45) is -1.23. The van der Waals surface area contributed by atoms with Crippen molar-refractivity contribution in [3.8, 4) is 17.2 Å². The van der Waals surface area contributed by atoms with Crippen LogP contribution in [0.3, 0.4) is 0 Å². The van der Waals surface area contributed by atoms with E-state index in [0.29, 0.717) is 22.9 Å². The molecule has 1 aliphatic rings. The van der Waals surface area contributed by atoms with Gasteiger partial charge in [-0.25, -0.2) is 0 Å². The summed E-state index contributed by atoms with van der Waals surface area (Å²) in [7, 11) is 0. The molecule has 4 rings (SSSR count). The standard InChI is InChI=1S/C18H16N6O4/c1-10-15(28-14-5-3-2-4-13(14)27-10)18(26)20-11-6-8-12(9-7-11)24-22-17(16(19)25)21-23-24/h2-10,15H,1H3,(H2,19,25)(H,20,26)/t10-,15+/m0/s1. The molecule has 0 saturated heterocycles. The first kappa shape index (κ1) is 17.5. The summed E-state index contributed by atoms with van der Waals surface area (Å²) in [5.41, 5.74) is 6.22. The fourth-order valence-corrected chi connectivity index (χ4v) is 2.72. The molecule has 0 unspecified atom stereocenters. The topological polar surface area (TPSA) is 134 Å². The van der Waals surface area contributed by atoms with E-state index in [1.54, 1.807) is 43.3 Å². The third-order valence-electron chi connectivity index (χ3n) is 4.10. The zero-order chi connectivity index (χ0) is 19.7. The number of nitrogens with one attached hydrogen (secondary N) is 1. The molecule has 2 heterocycles. The summed E-state index contributed by atoms with van der Waals surface area (Å²) >= 11 is 0. The second-order valence-corrected chi connectivity index (χ2v) is 6.11. The van der Waals surface area contributed by atoms with E-state index in [1.165, 1.54) is 4.80 Å². The number of nitrogens with zero attached hydrogens (tertiary/aromatic N) is 4. The van der Waals surface area contributed by atoms with Gasteiger partial charge in [0, 0.05) is 5.69 Å². The quantitative estimate of drug-likeness (QED) is 0.687. The van der Waals surface area contributed by atoms with Gasteiger partial charge in [0.05, 0.1) is 5.69 Å². The molecule has 1 aliphatic heterocycles. The number of rotatable bonds is 4. The molecular formula is C18H16N6O4. The number of nitrogens with two attached hydrogens (primary N) is 1. The largest absolute Gasteiger partial charge is 0.482 e. The van der Waals surface area contributed by atoms with Gasteiger partial charge >= 0.3 is 0 Å². The lowest BCUT2D eigenvalue weighted by Gasteiger charge is -2.31. The molecule has 2 atom stereocenters. The summed E-state index contributed by atoms with van der Waals surface area (Å²) in [6.45, 7) is 1.77. The van der Waals surface area contributed by atoms with Gasteiger partial charge in [-0.15, -0.1) is 15.0 Å². The normalized spacial score (nSPS) is 17.8. The molecule has 3 N–H and O–H groups in total. The van der Waals surface area contributed by atoms with Crippen LogP contribution in [-0.2, 0) is 4.79 Å². The van der Waals surface area contributed by atoms with Crippen LogP contribution in [0.15, 0.2) is 48.5 Å². The van der Waals surface area contributed by atoms with Crippen molar-refractivity contribution in [3.05, 3.63) is 54.4 Å². The van der Waals surface area contributed by atoms with E-state index >= 15 is 0 Å².